The molecule has 0 aliphatic rings. The SMILES string of the molecule is Cc1ccc(O)c(C(O)c2ccc(Br)cc2)c1. The van der Waals surface area contributed by atoms with E-state index in [4.69, 9.17) is 0 Å². The van der Waals surface area contributed by atoms with E-state index in [0.717, 1.165) is 15.6 Å². The summed E-state index contributed by atoms with van der Waals surface area (Å²) in [4.78, 5) is 0. The van der Waals surface area contributed by atoms with Gasteiger partial charge in [-0.25, -0.2) is 0 Å². The van der Waals surface area contributed by atoms with Crippen LogP contribution in [0.1, 0.15) is 22.8 Å². The minimum atomic E-state index is -0.803. The summed E-state index contributed by atoms with van der Waals surface area (Å²) >= 11 is 3.35. The Labute approximate surface area is 109 Å². The Kier molecular flexibility index (Phi) is 3.50. The maximum atomic E-state index is 10.2. The van der Waals surface area contributed by atoms with Gasteiger partial charge in [-0.2, -0.15) is 0 Å². The summed E-state index contributed by atoms with van der Waals surface area (Å²) in [6.07, 6.45) is -0.803. The number of phenols is 1. The van der Waals surface area contributed by atoms with Gasteiger partial charge >= 0.3 is 0 Å². The minimum Gasteiger partial charge on any atom is -0.508 e. The third-order valence-corrected chi connectivity index (χ3v) is 3.19. The highest BCUT2D eigenvalue weighted by Crippen LogP contribution is 2.30. The number of rotatable bonds is 2. The van der Waals surface area contributed by atoms with Crippen LogP contribution in [0.3, 0.4) is 0 Å². The fourth-order valence-electron chi connectivity index (χ4n) is 1.72. The van der Waals surface area contributed by atoms with Crippen molar-refractivity contribution in [1.29, 1.82) is 0 Å². The van der Waals surface area contributed by atoms with Crippen LogP contribution in [0.4, 0.5) is 0 Å². The van der Waals surface area contributed by atoms with Gasteiger partial charge in [0.1, 0.15) is 11.9 Å². The standard InChI is InChI=1S/C14H13BrO2/c1-9-2-7-13(16)12(8-9)14(17)10-3-5-11(15)6-4-10/h2-8,14,16-17H,1H3. The Morgan fingerprint density at radius 2 is 1.71 bits per heavy atom. The Hall–Kier alpha value is -1.32. The maximum Gasteiger partial charge on any atom is 0.121 e. The van der Waals surface area contributed by atoms with E-state index >= 15 is 0 Å². The summed E-state index contributed by atoms with van der Waals surface area (Å²) in [5, 5.41) is 20.0. The molecule has 17 heavy (non-hydrogen) atoms. The van der Waals surface area contributed by atoms with Crippen molar-refractivity contribution in [2.24, 2.45) is 0 Å². The van der Waals surface area contributed by atoms with E-state index in [-0.39, 0.29) is 5.75 Å². The van der Waals surface area contributed by atoms with Gasteiger partial charge in [0, 0.05) is 10.0 Å². The molecule has 0 aliphatic carbocycles. The van der Waals surface area contributed by atoms with Gasteiger partial charge in [-0.15, -0.1) is 0 Å². The normalized spacial score (nSPS) is 12.4. The fourth-order valence-corrected chi connectivity index (χ4v) is 1.98. The minimum absolute atomic E-state index is 0.117. The van der Waals surface area contributed by atoms with Crippen LogP contribution in [0.25, 0.3) is 0 Å². The van der Waals surface area contributed by atoms with E-state index in [1.165, 1.54) is 0 Å². The number of hydrogen-bond donors (Lipinski definition) is 2. The van der Waals surface area contributed by atoms with Gasteiger partial charge in [0.15, 0.2) is 0 Å². The quantitative estimate of drug-likeness (QED) is 0.889. The molecule has 0 spiro atoms. The van der Waals surface area contributed by atoms with Crippen molar-refractivity contribution in [3.63, 3.8) is 0 Å². The van der Waals surface area contributed by atoms with Gasteiger partial charge in [-0.3, -0.25) is 0 Å². The van der Waals surface area contributed by atoms with Crippen molar-refractivity contribution in [2.75, 3.05) is 0 Å². The Bertz CT molecular complexity index is 520. The first-order valence-corrected chi connectivity index (χ1v) is 6.10. The molecule has 0 radical (unpaired) electrons. The van der Waals surface area contributed by atoms with E-state index in [0.29, 0.717) is 5.56 Å². The largest absolute Gasteiger partial charge is 0.508 e. The summed E-state index contributed by atoms with van der Waals surface area (Å²) in [6.45, 7) is 1.93. The van der Waals surface area contributed by atoms with Crippen molar-refractivity contribution >= 4 is 15.9 Å². The summed E-state index contributed by atoms with van der Waals surface area (Å²) in [5.41, 5.74) is 2.30. The van der Waals surface area contributed by atoms with Crippen molar-refractivity contribution in [2.45, 2.75) is 13.0 Å². The second-order valence-electron chi connectivity index (χ2n) is 4.02. The third kappa shape index (κ3) is 2.68. The van der Waals surface area contributed by atoms with E-state index in [1.54, 1.807) is 12.1 Å². The topological polar surface area (TPSA) is 40.5 Å². The van der Waals surface area contributed by atoms with Crippen LogP contribution in [-0.2, 0) is 0 Å². The molecular formula is C14H13BrO2. The van der Waals surface area contributed by atoms with E-state index in [9.17, 15) is 10.2 Å². The molecule has 2 aromatic rings. The summed E-state index contributed by atoms with van der Waals surface area (Å²) in [7, 11) is 0. The average molecular weight is 293 g/mol. The average Bonchev–Trinajstić information content (AvgIpc) is 2.32. The highest BCUT2D eigenvalue weighted by molar-refractivity contribution is 9.10. The van der Waals surface area contributed by atoms with Crippen LogP contribution in [0.5, 0.6) is 5.75 Å². The molecule has 0 amide bonds. The highest BCUT2D eigenvalue weighted by Gasteiger charge is 2.14. The molecule has 2 N–H and O–H groups in total. The smallest absolute Gasteiger partial charge is 0.121 e. The molecule has 2 nitrogen and oxygen atoms in total. The van der Waals surface area contributed by atoms with Gasteiger partial charge in [0.25, 0.3) is 0 Å². The number of halogens is 1. The van der Waals surface area contributed by atoms with Gasteiger partial charge in [-0.05, 0) is 36.8 Å². The number of hydrogen-bond acceptors (Lipinski definition) is 2. The van der Waals surface area contributed by atoms with Crippen molar-refractivity contribution in [1.82, 2.24) is 0 Å². The van der Waals surface area contributed by atoms with Crippen LogP contribution in [0.15, 0.2) is 46.9 Å². The lowest BCUT2D eigenvalue weighted by molar-refractivity contribution is 0.215. The molecule has 0 saturated heterocycles. The van der Waals surface area contributed by atoms with Crippen LogP contribution in [0, 0.1) is 6.92 Å². The summed E-state index contributed by atoms with van der Waals surface area (Å²) in [6, 6.07) is 12.6. The molecule has 0 heterocycles. The summed E-state index contributed by atoms with van der Waals surface area (Å²) < 4.78 is 0.960. The summed E-state index contributed by atoms with van der Waals surface area (Å²) in [5.74, 6) is 0.117. The lowest BCUT2D eigenvalue weighted by atomic mass is 9.99. The predicted octanol–water partition coefficient (Wildman–Crippen LogP) is 3.54. The van der Waals surface area contributed by atoms with E-state index in [2.05, 4.69) is 15.9 Å². The maximum absolute atomic E-state index is 10.2. The zero-order valence-electron chi connectivity index (χ0n) is 9.39. The van der Waals surface area contributed by atoms with Gasteiger partial charge in [0.2, 0.25) is 0 Å². The number of aliphatic hydroxyl groups is 1. The van der Waals surface area contributed by atoms with Gasteiger partial charge in [0.05, 0.1) is 0 Å². The molecule has 3 heteroatoms. The number of aryl methyl sites for hydroxylation is 1. The Morgan fingerprint density at radius 3 is 2.35 bits per heavy atom. The molecule has 0 aliphatic heterocycles. The molecule has 0 saturated carbocycles. The molecule has 1 atom stereocenters. The second-order valence-corrected chi connectivity index (χ2v) is 4.93. The monoisotopic (exact) mass is 292 g/mol. The zero-order valence-corrected chi connectivity index (χ0v) is 11.0. The van der Waals surface area contributed by atoms with Crippen LogP contribution < -0.4 is 0 Å². The fraction of sp³-hybridized carbons (Fsp3) is 0.143. The van der Waals surface area contributed by atoms with E-state index in [1.807, 2.05) is 37.3 Å². The molecular weight excluding hydrogens is 280 g/mol. The zero-order chi connectivity index (χ0) is 12.4. The molecule has 88 valence electrons. The van der Waals surface area contributed by atoms with Gasteiger partial charge < -0.3 is 10.2 Å². The molecule has 2 aromatic carbocycles. The first-order valence-electron chi connectivity index (χ1n) is 5.31. The first kappa shape index (κ1) is 12.1. The Balaban J connectivity index is 2.39. The first-order chi connectivity index (χ1) is 8.08. The molecule has 0 fully saturated rings. The van der Waals surface area contributed by atoms with Crippen molar-refractivity contribution in [3.05, 3.63) is 63.6 Å². The Morgan fingerprint density at radius 1 is 1.06 bits per heavy atom. The van der Waals surface area contributed by atoms with Crippen LogP contribution >= 0.6 is 15.9 Å². The number of phenolic OH excluding ortho intramolecular Hbond substituents is 1. The molecule has 2 rings (SSSR count). The second kappa shape index (κ2) is 4.90. The number of aliphatic hydroxyl groups excluding tert-OH is 1. The lowest BCUT2D eigenvalue weighted by Crippen LogP contribution is -2.00. The highest BCUT2D eigenvalue weighted by atomic mass is 79.9. The third-order valence-electron chi connectivity index (χ3n) is 2.66. The van der Waals surface area contributed by atoms with Gasteiger partial charge in [-0.1, -0.05) is 39.7 Å². The predicted molar refractivity (Wildman–Crippen MR) is 71.0 cm³/mol. The number of aromatic hydroxyl groups is 1. The molecule has 0 bridgehead atoms. The van der Waals surface area contributed by atoms with Crippen LogP contribution in [-0.4, -0.2) is 10.2 Å². The van der Waals surface area contributed by atoms with Crippen molar-refractivity contribution in [3.8, 4) is 5.75 Å². The van der Waals surface area contributed by atoms with E-state index < -0.39 is 6.10 Å². The molecule has 0 aromatic heterocycles. The molecule has 1 unspecified atom stereocenters. The lowest BCUT2D eigenvalue weighted by Gasteiger charge is -2.13. The van der Waals surface area contributed by atoms with Crippen molar-refractivity contribution < 1.29 is 10.2 Å². The number of benzene rings is 2. The van der Waals surface area contributed by atoms with Crippen LogP contribution in [0.2, 0.25) is 0 Å².